The zero-order valence-corrected chi connectivity index (χ0v) is 13.6. The average molecular weight is 351 g/mol. The number of aliphatic hydroxyl groups is 1. The summed E-state index contributed by atoms with van der Waals surface area (Å²) >= 11 is 1.36. The molecule has 24 heavy (non-hydrogen) atoms. The Morgan fingerprint density at radius 1 is 1.50 bits per heavy atom. The Kier molecular flexibility index (Phi) is 6.74. The van der Waals surface area contributed by atoms with Crippen LogP contribution >= 0.6 is 11.3 Å². The van der Waals surface area contributed by atoms with Crippen molar-refractivity contribution in [1.82, 2.24) is 5.32 Å². The monoisotopic (exact) mass is 351 g/mol. The Balaban J connectivity index is 2.04. The molecule has 4 N–H and O–H groups in total. The maximum absolute atomic E-state index is 12.4. The molecule has 0 aromatic carbocycles. The average Bonchev–Trinajstić information content (AvgIpc) is 2.98. The molecular formula is C15H18BNO6S. The van der Waals surface area contributed by atoms with Crippen LogP contribution in [-0.2, 0) is 14.2 Å². The van der Waals surface area contributed by atoms with E-state index in [0.29, 0.717) is 16.9 Å². The number of hydrogen-bond donors (Lipinski definition) is 4. The van der Waals surface area contributed by atoms with Crippen LogP contribution in [0.3, 0.4) is 0 Å². The van der Waals surface area contributed by atoms with E-state index in [-0.39, 0.29) is 13.0 Å². The van der Waals surface area contributed by atoms with Crippen LogP contribution in [-0.4, -0.2) is 52.9 Å². The molecule has 0 saturated heterocycles. The molecule has 1 amide bonds. The van der Waals surface area contributed by atoms with E-state index in [1.54, 1.807) is 24.3 Å². The van der Waals surface area contributed by atoms with Crippen LogP contribution in [0.25, 0.3) is 5.57 Å². The first-order valence-corrected chi connectivity index (χ1v) is 8.27. The summed E-state index contributed by atoms with van der Waals surface area (Å²) in [5.74, 6) is -2.19. The third-order valence-corrected chi connectivity index (χ3v) is 4.32. The van der Waals surface area contributed by atoms with Gasteiger partial charge in [-0.2, -0.15) is 0 Å². The summed E-state index contributed by atoms with van der Waals surface area (Å²) in [7, 11) is -1.33. The number of rotatable bonds is 6. The van der Waals surface area contributed by atoms with Crippen molar-refractivity contribution in [2.24, 2.45) is 0 Å². The smallest absolute Gasteiger partial charge is 0.478 e. The van der Waals surface area contributed by atoms with Crippen LogP contribution in [0, 0.1) is 0 Å². The van der Waals surface area contributed by atoms with E-state index in [9.17, 15) is 14.6 Å². The molecule has 0 spiro atoms. The second kappa shape index (κ2) is 8.79. The summed E-state index contributed by atoms with van der Waals surface area (Å²) in [5, 5.41) is 32.5. The topological polar surface area (TPSA) is 116 Å². The van der Waals surface area contributed by atoms with Gasteiger partial charge in [-0.25, -0.2) is 0 Å². The minimum atomic E-state index is -1.33. The summed E-state index contributed by atoms with van der Waals surface area (Å²) < 4.78 is 5.27. The number of carbonyl (C=O) groups excluding carboxylic acids is 1. The van der Waals surface area contributed by atoms with Crippen molar-refractivity contribution in [1.29, 1.82) is 0 Å². The zero-order valence-electron chi connectivity index (χ0n) is 12.8. The highest BCUT2D eigenvalue weighted by atomic mass is 32.1. The lowest BCUT2D eigenvalue weighted by Crippen LogP contribution is -2.48. The lowest BCUT2D eigenvalue weighted by atomic mass is 9.77. The number of aliphatic hydroxyl groups excluding tert-OH is 1. The molecule has 2 rings (SSSR count). The Morgan fingerprint density at radius 3 is 2.92 bits per heavy atom. The summed E-state index contributed by atoms with van der Waals surface area (Å²) in [6, 6.07) is 3.55. The number of nitrogens with one attached hydrogen (secondary N) is 1. The molecule has 0 unspecified atom stereocenters. The third kappa shape index (κ3) is 5.03. The van der Waals surface area contributed by atoms with Crippen LogP contribution in [0.2, 0.25) is 0 Å². The van der Waals surface area contributed by atoms with Gasteiger partial charge in [0.2, 0.25) is 0 Å². The predicted molar refractivity (Wildman–Crippen MR) is 90.2 cm³/mol. The Hall–Kier alpha value is -1.94. The minimum absolute atomic E-state index is 0.265. The molecule has 0 bridgehead atoms. The zero-order chi connectivity index (χ0) is 17.5. The van der Waals surface area contributed by atoms with Crippen molar-refractivity contribution >= 4 is 35.9 Å². The second-order valence-electron chi connectivity index (χ2n) is 5.18. The molecule has 9 heteroatoms. The van der Waals surface area contributed by atoms with Gasteiger partial charge >= 0.3 is 13.1 Å². The predicted octanol–water partition coefficient (Wildman–Crippen LogP) is 0.448. The number of hydrogen-bond acceptors (Lipinski definition) is 6. The van der Waals surface area contributed by atoms with Gasteiger partial charge in [0, 0.05) is 4.88 Å². The number of carboxylic acid groups (broad SMARTS) is 1. The van der Waals surface area contributed by atoms with Crippen LogP contribution < -0.4 is 5.32 Å². The van der Waals surface area contributed by atoms with Gasteiger partial charge in [0.15, 0.2) is 0 Å². The molecule has 1 aromatic rings. The van der Waals surface area contributed by atoms with Crippen LogP contribution in [0.1, 0.15) is 17.7 Å². The molecule has 1 aromatic heterocycles. The van der Waals surface area contributed by atoms with Crippen molar-refractivity contribution in [3.05, 3.63) is 40.6 Å². The van der Waals surface area contributed by atoms with Crippen LogP contribution in [0.5, 0.6) is 0 Å². The van der Waals surface area contributed by atoms with E-state index in [4.69, 9.17) is 14.9 Å². The maximum atomic E-state index is 12.4. The lowest BCUT2D eigenvalue weighted by Gasteiger charge is -2.20. The molecule has 1 aliphatic rings. The molecule has 1 aliphatic heterocycles. The summed E-state index contributed by atoms with van der Waals surface area (Å²) in [6.07, 6.45) is 3.93. The van der Waals surface area contributed by atoms with E-state index in [2.05, 4.69) is 5.32 Å². The minimum Gasteiger partial charge on any atom is -0.481 e. The Labute approximate surface area is 143 Å². The molecule has 2 heterocycles. The highest BCUT2D eigenvalue weighted by Gasteiger charge is 2.33. The number of carboxylic acids is 1. The Morgan fingerprint density at radius 2 is 2.29 bits per heavy atom. The maximum Gasteiger partial charge on any atom is 0.478 e. The molecule has 0 radical (unpaired) electrons. The van der Waals surface area contributed by atoms with Gasteiger partial charge in [0.05, 0.1) is 30.6 Å². The molecule has 128 valence electrons. The standard InChI is InChI=1S/C15H18BNO6S/c18-7-6-11(12-4-2-8-24-12)15(21)17-13-5-1-3-10(9-14(19)20)23-16(13)22/h1-4,6,8,10,13,18,22H,5,7,9H2,(H,17,21)(H,19,20)/b11-6-/t10-,13+/m1/s1. The lowest BCUT2D eigenvalue weighted by molar-refractivity contribution is -0.138. The van der Waals surface area contributed by atoms with Gasteiger partial charge in [0.1, 0.15) is 0 Å². The Bertz CT molecular complexity index is 630. The van der Waals surface area contributed by atoms with E-state index in [0.717, 1.165) is 0 Å². The van der Waals surface area contributed by atoms with Gasteiger partial charge in [-0.3, -0.25) is 9.59 Å². The summed E-state index contributed by atoms with van der Waals surface area (Å²) in [4.78, 5) is 23.9. The van der Waals surface area contributed by atoms with Gasteiger partial charge < -0.3 is 25.2 Å². The summed E-state index contributed by atoms with van der Waals surface area (Å²) in [6.45, 7) is -0.287. The van der Waals surface area contributed by atoms with Gasteiger partial charge in [-0.15, -0.1) is 11.3 Å². The fraction of sp³-hybridized carbons (Fsp3) is 0.333. The van der Waals surface area contributed by atoms with Gasteiger partial charge in [0.25, 0.3) is 5.91 Å². The second-order valence-corrected chi connectivity index (χ2v) is 6.13. The van der Waals surface area contributed by atoms with Crippen molar-refractivity contribution in [3.63, 3.8) is 0 Å². The fourth-order valence-corrected chi connectivity index (χ4v) is 3.07. The molecule has 0 aliphatic carbocycles. The van der Waals surface area contributed by atoms with E-state index < -0.39 is 31.0 Å². The van der Waals surface area contributed by atoms with Crippen molar-refractivity contribution in [2.45, 2.75) is 24.9 Å². The van der Waals surface area contributed by atoms with Crippen molar-refractivity contribution < 1.29 is 29.5 Å². The highest BCUT2D eigenvalue weighted by molar-refractivity contribution is 7.11. The quantitative estimate of drug-likeness (QED) is 0.336. The summed E-state index contributed by atoms with van der Waals surface area (Å²) in [5.41, 5.74) is 0.315. The fourth-order valence-electron chi connectivity index (χ4n) is 2.31. The highest BCUT2D eigenvalue weighted by Crippen LogP contribution is 2.21. The first-order valence-electron chi connectivity index (χ1n) is 7.39. The van der Waals surface area contributed by atoms with Crippen molar-refractivity contribution in [2.75, 3.05) is 6.61 Å². The van der Waals surface area contributed by atoms with E-state index >= 15 is 0 Å². The van der Waals surface area contributed by atoms with Crippen molar-refractivity contribution in [3.8, 4) is 0 Å². The normalized spacial score (nSPS) is 21.4. The number of thiophene rings is 1. The number of carbonyl (C=O) groups is 2. The third-order valence-electron chi connectivity index (χ3n) is 3.42. The molecule has 0 saturated carbocycles. The van der Waals surface area contributed by atoms with E-state index in [1.807, 2.05) is 5.38 Å². The number of aliphatic carboxylic acids is 1. The molecule has 2 atom stereocenters. The van der Waals surface area contributed by atoms with Crippen LogP contribution in [0.15, 0.2) is 35.7 Å². The van der Waals surface area contributed by atoms with E-state index in [1.165, 1.54) is 17.4 Å². The molecule has 0 fully saturated rings. The molecule has 7 nitrogen and oxygen atoms in total. The van der Waals surface area contributed by atoms with Gasteiger partial charge in [-0.05, 0) is 23.9 Å². The SMILES string of the molecule is O=C(O)C[C@H]1C=CC[C@H](NC(=O)/C(=C\CO)c2cccs2)B(O)O1. The van der Waals surface area contributed by atoms with Gasteiger partial charge in [-0.1, -0.05) is 18.2 Å². The van der Waals surface area contributed by atoms with Crippen LogP contribution in [0.4, 0.5) is 0 Å². The largest absolute Gasteiger partial charge is 0.481 e. The first-order chi connectivity index (χ1) is 11.5. The first kappa shape index (κ1) is 18.4. The molecular weight excluding hydrogens is 333 g/mol. The number of amides is 1.